The molecule has 0 aromatic heterocycles. The Morgan fingerprint density at radius 2 is 1.84 bits per heavy atom. The molecule has 164 valence electrons. The van der Waals surface area contributed by atoms with Crippen LogP contribution in [0.15, 0.2) is 60.7 Å². The predicted octanol–water partition coefficient (Wildman–Crippen LogP) is 5.66. The van der Waals surface area contributed by atoms with Crippen molar-refractivity contribution in [2.24, 2.45) is 0 Å². The van der Waals surface area contributed by atoms with E-state index in [0.29, 0.717) is 22.7 Å². The number of ether oxygens (including phenoxy) is 2. The van der Waals surface area contributed by atoms with Gasteiger partial charge in [-0.2, -0.15) is 0 Å². The molecule has 0 saturated carbocycles. The summed E-state index contributed by atoms with van der Waals surface area (Å²) in [4.78, 5) is 2.04. The summed E-state index contributed by atoms with van der Waals surface area (Å²) in [6.07, 6.45) is 3.97. The van der Waals surface area contributed by atoms with Gasteiger partial charge in [-0.25, -0.2) is 8.78 Å². The molecule has 0 fully saturated rings. The van der Waals surface area contributed by atoms with Crippen LogP contribution in [0.4, 0.5) is 20.2 Å². The second-order valence-electron chi connectivity index (χ2n) is 8.74. The molecule has 1 spiro atoms. The third-order valence-electron chi connectivity index (χ3n) is 6.58. The SMILES string of the molecule is COc1cc(N)cc2c1OC1(C=C2)N(Cc2ccc(F)cc2F)c2ccccc2C1(C)C. The number of halogens is 2. The van der Waals surface area contributed by atoms with E-state index in [9.17, 15) is 8.78 Å². The minimum atomic E-state index is -0.964. The van der Waals surface area contributed by atoms with Gasteiger partial charge in [0.25, 0.3) is 0 Å². The fraction of sp³-hybridized carbons (Fsp3) is 0.231. The summed E-state index contributed by atoms with van der Waals surface area (Å²) in [5.41, 5.74) is 8.34. The summed E-state index contributed by atoms with van der Waals surface area (Å²) in [5.74, 6) is -0.0842. The number of hydrogen-bond donors (Lipinski definition) is 1. The smallest absolute Gasteiger partial charge is 0.212 e. The van der Waals surface area contributed by atoms with Gasteiger partial charge >= 0.3 is 0 Å². The highest BCUT2D eigenvalue weighted by Gasteiger charge is 2.59. The molecule has 3 aromatic rings. The van der Waals surface area contributed by atoms with Crippen molar-refractivity contribution in [1.29, 1.82) is 0 Å². The Hall–Kier alpha value is -3.54. The Kier molecular flexibility index (Phi) is 4.45. The summed E-state index contributed by atoms with van der Waals surface area (Å²) in [6.45, 7) is 4.40. The highest BCUT2D eigenvalue weighted by molar-refractivity contribution is 5.75. The second-order valence-corrected chi connectivity index (χ2v) is 8.74. The molecule has 2 heterocycles. The molecule has 5 rings (SSSR count). The maximum atomic E-state index is 14.7. The number of nitrogen functional groups attached to an aromatic ring is 1. The van der Waals surface area contributed by atoms with E-state index < -0.39 is 22.8 Å². The molecular formula is C26H24F2N2O2. The molecule has 32 heavy (non-hydrogen) atoms. The molecule has 2 aliphatic heterocycles. The van der Waals surface area contributed by atoms with E-state index in [1.54, 1.807) is 13.2 Å². The molecule has 0 amide bonds. The predicted molar refractivity (Wildman–Crippen MR) is 122 cm³/mol. The van der Waals surface area contributed by atoms with E-state index in [0.717, 1.165) is 22.9 Å². The molecular weight excluding hydrogens is 410 g/mol. The van der Waals surface area contributed by atoms with Gasteiger partial charge in [0.2, 0.25) is 5.72 Å². The van der Waals surface area contributed by atoms with Crippen LogP contribution in [0.1, 0.15) is 30.5 Å². The quantitative estimate of drug-likeness (QED) is 0.541. The van der Waals surface area contributed by atoms with E-state index in [2.05, 4.69) is 19.9 Å². The Balaban J connectivity index is 1.69. The molecule has 0 aliphatic carbocycles. The minimum Gasteiger partial charge on any atom is -0.493 e. The Morgan fingerprint density at radius 3 is 2.59 bits per heavy atom. The fourth-order valence-corrected chi connectivity index (χ4v) is 4.87. The first-order valence-corrected chi connectivity index (χ1v) is 10.4. The second kappa shape index (κ2) is 6.99. The zero-order valence-corrected chi connectivity index (χ0v) is 18.2. The Labute approximate surface area is 185 Å². The lowest BCUT2D eigenvalue weighted by Crippen LogP contribution is -2.59. The van der Waals surface area contributed by atoms with Crippen molar-refractivity contribution in [2.75, 3.05) is 17.7 Å². The number of benzene rings is 3. The van der Waals surface area contributed by atoms with Crippen LogP contribution in [-0.2, 0) is 12.0 Å². The van der Waals surface area contributed by atoms with E-state index in [1.165, 1.54) is 12.1 Å². The molecule has 2 aliphatic rings. The van der Waals surface area contributed by atoms with Crippen molar-refractivity contribution in [3.05, 3.63) is 89.0 Å². The van der Waals surface area contributed by atoms with E-state index in [-0.39, 0.29) is 6.54 Å². The van der Waals surface area contributed by atoms with E-state index in [4.69, 9.17) is 15.2 Å². The lowest BCUT2D eigenvalue weighted by atomic mass is 9.76. The van der Waals surface area contributed by atoms with Crippen molar-refractivity contribution < 1.29 is 18.3 Å². The summed E-state index contributed by atoms with van der Waals surface area (Å²) in [5, 5.41) is 0. The first-order valence-electron chi connectivity index (χ1n) is 10.4. The zero-order valence-electron chi connectivity index (χ0n) is 18.2. The molecule has 4 nitrogen and oxygen atoms in total. The molecule has 1 atom stereocenters. The largest absolute Gasteiger partial charge is 0.493 e. The molecule has 6 heteroatoms. The molecule has 0 bridgehead atoms. The van der Waals surface area contributed by atoms with Crippen LogP contribution in [0.3, 0.4) is 0 Å². The lowest BCUT2D eigenvalue weighted by molar-refractivity contribution is 0.0491. The number of nitrogens with zero attached hydrogens (tertiary/aromatic N) is 1. The summed E-state index contributed by atoms with van der Waals surface area (Å²) in [7, 11) is 1.57. The topological polar surface area (TPSA) is 47.7 Å². The number of hydrogen-bond acceptors (Lipinski definition) is 4. The van der Waals surface area contributed by atoms with E-state index in [1.807, 2.05) is 41.3 Å². The number of anilines is 2. The van der Waals surface area contributed by atoms with Crippen LogP contribution < -0.4 is 20.1 Å². The van der Waals surface area contributed by atoms with Crippen molar-refractivity contribution in [3.8, 4) is 11.5 Å². The first kappa shape index (κ1) is 20.4. The van der Waals surface area contributed by atoms with Crippen molar-refractivity contribution in [2.45, 2.75) is 31.5 Å². The average Bonchev–Trinajstić information content (AvgIpc) is 2.94. The molecule has 2 N–H and O–H groups in total. The number of methoxy groups -OCH3 is 1. The normalized spacial score (nSPS) is 20.1. The average molecular weight is 434 g/mol. The fourth-order valence-electron chi connectivity index (χ4n) is 4.87. The van der Waals surface area contributed by atoms with Crippen LogP contribution in [-0.4, -0.2) is 12.8 Å². The summed E-state index contributed by atoms with van der Waals surface area (Å²) >= 11 is 0. The van der Waals surface area contributed by atoms with E-state index >= 15 is 0 Å². The standard InChI is InChI=1S/C26H24F2N2O2/c1-25(2)20-6-4-5-7-22(20)30(15-17-8-9-18(27)13-21(17)28)26(25)11-10-16-12-19(29)14-23(31-3)24(16)32-26/h4-14H,15,29H2,1-3H3. The summed E-state index contributed by atoms with van der Waals surface area (Å²) < 4.78 is 40.5. The zero-order chi connectivity index (χ0) is 22.7. The third-order valence-corrected chi connectivity index (χ3v) is 6.58. The lowest BCUT2D eigenvalue weighted by Gasteiger charge is -2.47. The first-order chi connectivity index (χ1) is 15.3. The van der Waals surface area contributed by atoms with Gasteiger partial charge in [0, 0.05) is 41.2 Å². The van der Waals surface area contributed by atoms with Crippen LogP contribution in [0.5, 0.6) is 11.5 Å². The Morgan fingerprint density at radius 1 is 1.06 bits per heavy atom. The third kappa shape index (κ3) is 2.79. The molecule has 0 radical (unpaired) electrons. The number of nitrogens with two attached hydrogens (primary N) is 1. The van der Waals surface area contributed by atoms with Crippen molar-refractivity contribution in [1.82, 2.24) is 0 Å². The van der Waals surface area contributed by atoms with Crippen LogP contribution >= 0.6 is 0 Å². The van der Waals surface area contributed by atoms with Gasteiger partial charge in [0.05, 0.1) is 12.5 Å². The van der Waals surface area contributed by atoms with Crippen molar-refractivity contribution >= 4 is 17.5 Å². The monoisotopic (exact) mass is 434 g/mol. The molecule has 0 saturated heterocycles. The van der Waals surface area contributed by atoms with Gasteiger partial charge in [-0.1, -0.05) is 24.3 Å². The highest BCUT2D eigenvalue weighted by Crippen LogP contribution is 2.56. The van der Waals surface area contributed by atoms with Gasteiger partial charge in [-0.3, -0.25) is 0 Å². The minimum absolute atomic E-state index is 0.198. The number of fused-ring (bicyclic) bond motifs is 2. The maximum absolute atomic E-state index is 14.7. The van der Waals surface area contributed by atoms with Crippen LogP contribution in [0.25, 0.3) is 6.08 Å². The van der Waals surface area contributed by atoms with Crippen LogP contribution in [0, 0.1) is 11.6 Å². The summed E-state index contributed by atoms with van der Waals surface area (Å²) in [6, 6.07) is 15.2. The van der Waals surface area contributed by atoms with Gasteiger partial charge in [0.1, 0.15) is 11.6 Å². The van der Waals surface area contributed by atoms with Gasteiger partial charge in [-0.05, 0) is 49.8 Å². The van der Waals surface area contributed by atoms with Crippen LogP contribution in [0.2, 0.25) is 0 Å². The number of rotatable bonds is 3. The van der Waals surface area contributed by atoms with Crippen molar-refractivity contribution in [3.63, 3.8) is 0 Å². The van der Waals surface area contributed by atoms with Gasteiger partial charge < -0.3 is 20.1 Å². The number of para-hydroxylation sites is 1. The molecule has 1 unspecified atom stereocenters. The molecule has 3 aromatic carbocycles. The Bertz CT molecular complexity index is 1250. The maximum Gasteiger partial charge on any atom is 0.212 e. The highest BCUT2D eigenvalue weighted by atomic mass is 19.1. The van der Waals surface area contributed by atoms with Gasteiger partial charge in [-0.15, -0.1) is 0 Å². The van der Waals surface area contributed by atoms with Gasteiger partial charge in [0.15, 0.2) is 11.5 Å².